The van der Waals surface area contributed by atoms with Gasteiger partial charge in [0.1, 0.15) is 17.6 Å². The number of rotatable bonds is 8. The third kappa shape index (κ3) is 3.23. The number of amides is 2. The summed E-state index contributed by atoms with van der Waals surface area (Å²) in [6.07, 6.45) is 2.95. The normalized spacial score (nSPS) is 31.1. The molecule has 3 aliphatic rings. The van der Waals surface area contributed by atoms with Gasteiger partial charge in [0, 0.05) is 18.8 Å². The molecule has 0 saturated carbocycles. The molecular formula is C27H30N2O6. The molecule has 5 rings (SSSR count). The number of carbonyl (C=O) groups is 3. The molecule has 5 atom stereocenters. The number of aliphatic hydroxyl groups excluding tert-OH is 1. The van der Waals surface area contributed by atoms with Crippen LogP contribution in [-0.4, -0.2) is 69.8 Å². The van der Waals surface area contributed by atoms with E-state index >= 15 is 0 Å². The Hall–Kier alpha value is -3.23. The summed E-state index contributed by atoms with van der Waals surface area (Å²) in [6.45, 7) is 5.48. The first-order valence-corrected chi connectivity index (χ1v) is 12.1. The Balaban J connectivity index is 1.61. The monoisotopic (exact) mass is 478 g/mol. The molecule has 2 aromatic rings. The summed E-state index contributed by atoms with van der Waals surface area (Å²) in [7, 11) is 0. The average molecular weight is 479 g/mol. The Morgan fingerprint density at radius 2 is 1.97 bits per heavy atom. The van der Waals surface area contributed by atoms with Crippen molar-refractivity contribution >= 4 is 34.2 Å². The van der Waals surface area contributed by atoms with Crippen molar-refractivity contribution in [3.05, 3.63) is 55.1 Å². The zero-order valence-electron chi connectivity index (χ0n) is 19.7. The molecule has 1 spiro atoms. The van der Waals surface area contributed by atoms with Crippen molar-refractivity contribution in [1.82, 2.24) is 4.90 Å². The third-order valence-electron chi connectivity index (χ3n) is 8.14. The molecule has 0 aromatic heterocycles. The predicted molar refractivity (Wildman–Crippen MR) is 130 cm³/mol. The minimum absolute atomic E-state index is 0.0675. The van der Waals surface area contributed by atoms with Crippen LogP contribution in [0.3, 0.4) is 0 Å². The van der Waals surface area contributed by atoms with Crippen LogP contribution in [0.2, 0.25) is 0 Å². The Labute approximate surface area is 203 Å². The second-order valence-electron chi connectivity index (χ2n) is 9.70. The van der Waals surface area contributed by atoms with E-state index in [1.165, 1.54) is 4.90 Å². The minimum atomic E-state index is -1.24. The third-order valence-corrected chi connectivity index (χ3v) is 8.14. The van der Waals surface area contributed by atoms with E-state index in [0.717, 1.165) is 10.8 Å². The molecule has 2 N–H and O–H groups in total. The van der Waals surface area contributed by atoms with Crippen LogP contribution < -0.4 is 4.90 Å². The lowest BCUT2D eigenvalue weighted by Gasteiger charge is -2.36. The van der Waals surface area contributed by atoms with Gasteiger partial charge in [-0.3, -0.25) is 14.4 Å². The number of hydrogen-bond donors (Lipinski definition) is 2. The minimum Gasteiger partial charge on any atom is -0.481 e. The molecule has 0 aliphatic carbocycles. The van der Waals surface area contributed by atoms with Crippen molar-refractivity contribution in [2.24, 2.45) is 11.8 Å². The number of β-amino-alcohol motifs (C(OH)–C–C–N with tert-alkyl or cyclic N) is 1. The SMILES string of the molecule is C=CCN(C(=O)C1N(CCO)C(=O)[C@@H]2[C@@H](C(=O)O)[C@@]3(CC)CCC12O3)c1ccc2ccccc2c1. The summed E-state index contributed by atoms with van der Waals surface area (Å²) in [5.41, 5.74) is -1.56. The molecule has 3 aliphatic heterocycles. The molecule has 184 valence electrons. The zero-order valence-corrected chi connectivity index (χ0v) is 19.7. The van der Waals surface area contributed by atoms with Crippen molar-refractivity contribution in [2.45, 2.75) is 43.4 Å². The van der Waals surface area contributed by atoms with E-state index in [9.17, 15) is 24.6 Å². The van der Waals surface area contributed by atoms with Gasteiger partial charge < -0.3 is 24.7 Å². The van der Waals surface area contributed by atoms with Gasteiger partial charge in [0.25, 0.3) is 5.91 Å². The maximum atomic E-state index is 14.3. The topological polar surface area (TPSA) is 107 Å². The standard InChI is InChI=1S/C27H30N2O6/c1-3-13-28(19-10-9-17-7-5-6-8-18(17)16-19)24(32)22-27-12-11-26(4-2,35-27)21(25(33)34)20(27)23(31)29(22)14-15-30/h3,5-10,16,20-22,30H,1,4,11-15H2,2H3,(H,33,34)/t20-,21-,22?,26+,27?/m0/s1. The van der Waals surface area contributed by atoms with Gasteiger partial charge in [-0.05, 0) is 42.2 Å². The number of carboxylic acid groups (broad SMARTS) is 1. The average Bonchev–Trinajstić information content (AvgIpc) is 3.46. The maximum Gasteiger partial charge on any atom is 0.310 e. The zero-order chi connectivity index (χ0) is 25.0. The Kier molecular flexibility index (Phi) is 5.68. The number of hydrogen-bond acceptors (Lipinski definition) is 5. The Morgan fingerprint density at radius 1 is 1.23 bits per heavy atom. The summed E-state index contributed by atoms with van der Waals surface area (Å²) in [4.78, 5) is 43.2. The fraction of sp³-hybridized carbons (Fsp3) is 0.444. The van der Waals surface area contributed by atoms with Crippen molar-refractivity contribution in [3.8, 4) is 0 Å². The molecule has 8 heteroatoms. The van der Waals surface area contributed by atoms with Crippen LogP contribution in [0.25, 0.3) is 10.8 Å². The first-order chi connectivity index (χ1) is 16.8. The number of nitrogens with zero attached hydrogens (tertiary/aromatic N) is 2. The highest BCUT2D eigenvalue weighted by molar-refractivity contribution is 6.05. The van der Waals surface area contributed by atoms with Gasteiger partial charge in [-0.15, -0.1) is 6.58 Å². The molecule has 2 amide bonds. The van der Waals surface area contributed by atoms with E-state index in [-0.39, 0.29) is 25.6 Å². The molecule has 3 saturated heterocycles. The van der Waals surface area contributed by atoms with Crippen LogP contribution in [0.1, 0.15) is 26.2 Å². The molecule has 2 unspecified atom stereocenters. The van der Waals surface area contributed by atoms with E-state index in [4.69, 9.17) is 4.74 Å². The lowest BCUT2D eigenvalue weighted by Crippen LogP contribution is -2.56. The summed E-state index contributed by atoms with van der Waals surface area (Å²) < 4.78 is 6.51. The highest BCUT2D eigenvalue weighted by Gasteiger charge is 2.79. The number of benzene rings is 2. The van der Waals surface area contributed by atoms with Crippen LogP contribution in [0.4, 0.5) is 5.69 Å². The van der Waals surface area contributed by atoms with E-state index in [0.29, 0.717) is 24.9 Å². The fourth-order valence-corrected chi connectivity index (χ4v) is 6.66. The van der Waals surface area contributed by atoms with E-state index in [2.05, 4.69) is 6.58 Å². The number of carboxylic acids is 1. The van der Waals surface area contributed by atoms with Gasteiger partial charge in [0.15, 0.2) is 0 Å². The summed E-state index contributed by atoms with van der Waals surface area (Å²) in [5, 5.41) is 21.8. The molecule has 0 radical (unpaired) electrons. The number of fused-ring (bicyclic) bond motifs is 2. The summed E-state index contributed by atoms with van der Waals surface area (Å²) in [6, 6.07) is 12.5. The van der Waals surface area contributed by atoms with Gasteiger partial charge in [0.05, 0.1) is 18.1 Å². The molecule has 2 bridgehead atoms. The van der Waals surface area contributed by atoms with Gasteiger partial charge in [-0.1, -0.05) is 43.3 Å². The van der Waals surface area contributed by atoms with Gasteiger partial charge >= 0.3 is 5.97 Å². The van der Waals surface area contributed by atoms with Crippen molar-refractivity contribution in [1.29, 1.82) is 0 Å². The Bertz CT molecular complexity index is 1210. The first kappa shape index (κ1) is 23.5. The second kappa shape index (κ2) is 8.46. The maximum absolute atomic E-state index is 14.3. The van der Waals surface area contributed by atoms with E-state index in [1.54, 1.807) is 11.0 Å². The van der Waals surface area contributed by atoms with E-state index < -0.39 is 41.0 Å². The summed E-state index contributed by atoms with van der Waals surface area (Å²) in [5.74, 6) is -3.86. The van der Waals surface area contributed by atoms with E-state index in [1.807, 2.05) is 49.4 Å². The number of aliphatic carboxylic acids is 1. The lowest BCUT2D eigenvalue weighted by atomic mass is 9.65. The van der Waals surface area contributed by atoms with Crippen LogP contribution >= 0.6 is 0 Å². The molecule has 3 heterocycles. The van der Waals surface area contributed by atoms with Crippen LogP contribution in [-0.2, 0) is 19.1 Å². The van der Waals surface area contributed by atoms with Crippen LogP contribution in [0.15, 0.2) is 55.1 Å². The summed E-state index contributed by atoms with van der Waals surface area (Å²) >= 11 is 0. The molecule has 35 heavy (non-hydrogen) atoms. The quantitative estimate of drug-likeness (QED) is 0.565. The largest absolute Gasteiger partial charge is 0.481 e. The number of ether oxygens (including phenoxy) is 1. The van der Waals surface area contributed by atoms with Gasteiger partial charge in [-0.2, -0.15) is 0 Å². The van der Waals surface area contributed by atoms with Crippen LogP contribution in [0.5, 0.6) is 0 Å². The predicted octanol–water partition coefficient (Wildman–Crippen LogP) is 2.59. The number of aliphatic hydroxyl groups is 1. The van der Waals surface area contributed by atoms with Crippen LogP contribution in [0, 0.1) is 11.8 Å². The Morgan fingerprint density at radius 3 is 2.63 bits per heavy atom. The van der Waals surface area contributed by atoms with Crippen molar-refractivity contribution in [2.75, 3.05) is 24.6 Å². The molecular weight excluding hydrogens is 448 g/mol. The molecule has 3 fully saturated rings. The van der Waals surface area contributed by atoms with Gasteiger partial charge in [0.2, 0.25) is 5.91 Å². The highest BCUT2D eigenvalue weighted by atomic mass is 16.5. The number of carbonyl (C=O) groups excluding carboxylic acids is 2. The van der Waals surface area contributed by atoms with Gasteiger partial charge in [-0.25, -0.2) is 0 Å². The highest BCUT2D eigenvalue weighted by Crippen LogP contribution is 2.64. The molecule has 8 nitrogen and oxygen atoms in total. The van der Waals surface area contributed by atoms with Crippen molar-refractivity contribution < 1.29 is 29.3 Å². The fourth-order valence-electron chi connectivity index (χ4n) is 6.66. The second-order valence-corrected chi connectivity index (χ2v) is 9.70. The van der Waals surface area contributed by atoms with Crippen molar-refractivity contribution in [3.63, 3.8) is 0 Å². The molecule has 2 aromatic carbocycles. The number of likely N-dealkylation sites (tertiary alicyclic amines) is 1. The number of anilines is 1. The first-order valence-electron chi connectivity index (χ1n) is 12.1. The smallest absolute Gasteiger partial charge is 0.310 e. The lowest BCUT2D eigenvalue weighted by molar-refractivity contribution is -0.155.